The monoisotopic (exact) mass is 248 g/mol. The van der Waals surface area contributed by atoms with Crippen LogP contribution in [0.15, 0.2) is 24.3 Å². The number of nitrogens with two attached hydrogens (primary N) is 1. The van der Waals surface area contributed by atoms with E-state index in [9.17, 15) is 4.79 Å². The molecule has 0 bridgehead atoms. The van der Waals surface area contributed by atoms with Gasteiger partial charge in [0.1, 0.15) is 17.9 Å². The summed E-state index contributed by atoms with van der Waals surface area (Å²) in [6, 6.07) is 7.78. The van der Waals surface area contributed by atoms with E-state index in [0.29, 0.717) is 5.92 Å². The van der Waals surface area contributed by atoms with Gasteiger partial charge in [-0.15, -0.1) is 0 Å². The van der Waals surface area contributed by atoms with Crippen LogP contribution >= 0.6 is 0 Å². The SMILES string of the molecule is CNC(COc1ccc(C)cc1)(C(N)=O)C1CC1. The zero-order valence-electron chi connectivity index (χ0n) is 10.9. The molecule has 0 saturated heterocycles. The second-order valence-electron chi connectivity index (χ2n) is 4.96. The van der Waals surface area contributed by atoms with Crippen LogP contribution in [0.2, 0.25) is 0 Å². The molecule has 98 valence electrons. The molecule has 1 aromatic rings. The fraction of sp³-hybridized carbons (Fsp3) is 0.500. The highest BCUT2D eigenvalue weighted by molar-refractivity contribution is 5.85. The molecule has 1 unspecified atom stereocenters. The van der Waals surface area contributed by atoms with E-state index in [1.807, 2.05) is 31.2 Å². The number of hydrogen-bond donors (Lipinski definition) is 2. The van der Waals surface area contributed by atoms with E-state index in [1.165, 1.54) is 5.56 Å². The van der Waals surface area contributed by atoms with Crippen molar-refractivity contribution in [2.45, 2.75) is 25.3 Å². The number of primary amides is 1. The Kier molecular flexibility index (Phi) is 3.57. The Balaban J connectivity index is 2.06. The lowest BCUT2D eigenvalue weighted by molar-refractivity contribution is -0.126. The van der Waals surface area contributed by atoms with E-state index in [4.69, 9.17) is 10.5 Å². The average molecular weight is 248 g/mol. The summed E-state index contributed by atoms with van der Waals surface area (Å²) in [5.74, 6) is 0.729. The molecule has 0 aromatic heterocycles. The Labute approximate surface area is 108 Å². The summed E-state index contributed by atoms with van der Waals surface area (Å²) in [4.78, 5) is 11.7. The van der Waals surface area contributed by atoms with E-state index < -0.39 is 5.54 Å². The molecule has 1 fully saturated rings. The molecule has 0 heterocycles. The number of ether oxygens (including phenoxy) is 1. The molecule has 4 heteroatoms. The van der Waals surface area contributed by atoms with E-state index >= 15 is 0 Å². The summed E-state index contributed by atoms with van der Waals surface area (Å²) in [5, 5.41) is 3.06. The van der Waals surface area contributed by atoms with Crippen molar-refractivity contribution in [2.24, 2.45) is 11.7 Å². The largest absolute Gasteiger partial charge is 0.491 e. The van der Waals surface area contributed by atoms with Crippen LogP contribution in [0.4, 0.5) is 0 Å². The molecule has 2 rings (SSSR count). The minimum Gasteiger partial charge on any atom is -0.491 e. The first-order chi connectivity index (χ1) is 8.58. The molecular weight excluding hydrogens is 228 g/mol. The smallest absolute Gasteiger partial charge is 0.241 e. The number of aryl methyl sites for hydroxylation is 1. The van der Waals surface area contributed by atoms with Crippen LogP contribution in [0, 0.1) is 12.8 Å². The summed E-state index contributed by atoms with van der Waals surface area (Å²) in [7, 11) is 1.77. The maximum absolute atomic E-state index is 11.7. The molecule has 0 radical (unpaired) electrons. The zero-order chi connectivity index (χ0) is 13.2. The van der Waals surface area contributed by atoms with Crippen molar-refractivity contribution in [1.82, 2.24) is 5.32 Å². The summed E-state index contributed by atoms with van der Waals surface area (Å²) < 4.78 is 5.72. The number of benzene rings is 1. The highest BCUT2D eigenvalue weighted by Crippen LogP contribution is 2.39. The third kappa shape index (κ3) is 2.48. The van der Waals surface area contributed by atoms with Crippen molar-refractivity contribution in [3.05, 3.63) is 29.8 Å². The lowest BCUT2D eigenvalue weighted by Gasteiger charge is -2.30. The first-order valence-electron chi connectivity index (χ1n) is 6.27. The van der Waals surface area contributed by atoms with E-state index in [-0.39, 0.29) is 12.5 Å². The Morgan fingerprint density at radius 2 is 2.06 bits per heavy atom. The van der Waals surface area contributed by atoms with E-state index in [1.54, 1.807) is 7.05 Å². The van der Waals surface area contributed by atoms with Crippen LogP contribution in [0.5, 0.6) is 5.75 Å². The van der Waals surface area contributed by atoms with Gasteiger partial charge in [0.2, 0.25) is 5.91 Å². The van der Waals surface area contributed by atoms with Crippen LogP contribution in [0.1, 0.15) is 18.4 Å². The summed E-state index contributed by atoms with van der Waals surface area (Å²) in [6.45, 7) is 2.31. The van der Waals surface area contributed by atoms with Gasteiger partial charge in [0.15, 0.2) is 0 Å². The van der Waals surface area contributed by atoms with Crippen LogP contribution in [0.3, 0.4) is 0 Å². The first-order valence-corrected chi connectivity index (χ1v) is 6.27. The summed E-state index contributed by atoms with van der Waals surface area (Å²) in [5.41, 5.74) is 5.98. The second-order valence-corrected chi connectivity index (χ2v) is 4.96. The predicted octanol–water partition coefficient (Wildman–Crippen LogP) is 1.23. The van der Waals surface area contributed by atoms with Gasteiger partial charge in [-0.3, -0.25) is 4.79 Å². The third-order valence-corrected chi connectivity index (χ3v) is 3.65. The zero-order valence-corrected chi connectivity index (χ0v) is 10.9. The van der Waals surface area contributed by atoms with Gasteiger partial charge in [-0.05, 0) is 44.9 Å². The molecule has 3 N–H and O–H groups in total. The van der Waals surface area contributed by atoms with Crippen molar-refractivity contribution in [3.8, 4) is 5.75 Å². The van der Waals surface area contributed by atoms with Crippen LogP contribution in [-0.2, 0) is 4.79 Å². The average Bonchev–Trinajstić information content (AvgIpc) is 3.17. The predicted molar refractivity (Wildman–Crippen MR) is 70.4 cm³/mol. The van der Waals surface area contributed by atoms with Gasteiger partial charge in [0.05, 0.1) is 0 Å². The van der Waals surface area contributed by atoms with Crippen molar-refractivity contribution >= 4 is 5.91 Å². The molecule has 0 spiro atoms. The van der Waals surface area contributed by atoms with Gasteiger partial charge < -0.3 is 15.8 Å². The minimum absolute atomic E-state index is 0.284. The number of amides is 1. The van der Waals surface area contributed by atoms with Crippen molar-refractivity contribution < 1.29 is 9.53 Å². The highest BCUT2D eigenvalue weighted by atomic mass is 16.5. The number of carbonyl (C=O) groups is 1. The Bertz CT molecular complexity index is 426. The molecule has 0 aliphatic heterocycles. The first kappa shape index (κ1) is 12.9. The van der Waals surface area contributed by atoms with E-state index in [0.717, 1.165) is 18.6 Å². The molecule has 1 atom stereocenters. The minimum atomic E-state index is -0.731. The normalized spacial score (nSPS) is 18.1. The third-order valence-electron chi connectivity index (χ3n) is 3.65. The van der Waals surface area contributed by atoms with Gasteiger partial charge in [-0.1, -0.05) is 17.7 Å². The fourth-order valence-electron chi connectivity index (χ4n) is 2.20. The van der Waals surface area contributed by atoms with Gasteiger partial charge in [-0.2, -0.15) is 0 Å². The van der Waals surface area contributed by atoms with Crippen LogP contribution in [-0.4, -0.2) is 25.1 Å². The van der Waals surface area contributed by atoms with Crippen LogP contribution < -0.4 is 15.8 Å². The van der Waals surface area contributed by atoms with Crippen molar-refractivity contribution in [3.63, 3.8) is 0 Å². The topological polar surface area (TPSA) is 64.3 Å². The van der Waals surface area contributed by atoms with Crippen molar-refractivity contribution in [2.75, 3.05) is 13.7 Å². The highest BCUT2D eigenvalue weighted by Gasteiger charge is 2.49. The summed E-state index contributed by atoms with van der Waals surface area (Å²) in [6.07, 6.45) is 2.06. The number of rotatable bonds is 6. The lowest BCUT2D eigenvalue weighted by Crippen LogP contribution is -2.59. The van der Waals surface area contributed by atoms with Gasteiger partial charge in [0, 0.05) is 0 Å². The Morgan fingerprint density at radius 1 is 1.44 bits per heavy atom. The molecule has 1 saturated carbocycles. The quantitative estimate of drug-likeness (QED) is 0.795. The van der Waals surface area contributed by atoms with Gasteiger partial charge in [-0.25, -0.2) is 0 Å². The Morgan fingerprint density at radius 3 is 2.50 bits per heavy atom. The van der Waals surface area contributed by atoms with E-state index in [2.05, 4.69) is 5.32 Å². The second kappa shape index (κ2) is 4.98. The maximum Gasteiger partial charge on any atom is 0.241 e. The molecular formula is C14H20N2O2. The molecule has 1 aromatic carbocycles. The summed E-state index contributed by atoms with van der Waals surface area (Å²) >= 11 is 0. The molecule has 18 heavy (non-hydrogen) atoms. The number of hydrogen-bond acceptors (Lipinski definition) is 3. The Hall–Kier alpha value is -1.55. The molecule has 1 amide bonds. The van der Waals surface area contributed by atoms with Crippen LogP contribution in [0.25, 0.3) is 0 Å². The number of carbonyl (C=O) groups excluding carboxylic acids is 1. The number of likely N-dealkylation sites (N-methyl/N-ethyl adjacent to an activating group) is 1. The molecule has 1 aliphatic carbocycles. The standard InChI is InChI=1S/C14H20N2O2/c1-10-3-7-12(8-4-10)18-9-14(16-2,13(15)17)11-5-6-11/h3-4,7-8,11,16H,5-6,9H2,1-2H3,(H2,15,17). The molecule has 4 nitrogen and oxygen atoms in total. The van der Waals surface area contributed by atoms with Gasteiger partial charge >= 0.3 is 0 Å². The number of nitrogens with one attached hydrogen (secondary N) is 1. The fourth-order valence-corrected chi connectivity index (χ4v) is 2.20. The van der Waals surface area contributed by atoms with Crippen molar-refractivity contribution in [1.29, 1.82) is 0 Å². The lowest BCUT2D eigenvalue weighted by atomic mass is 9.93. The maximum atomic E-state index is 11.7. The molecule has 1 aliphatic rings. The van der Waals surface area contributed by atoms with Gasteiger partial charge in [0.25, 0.3) is 0 Å².